The van der Waals surface area contributed by atoms with E-state index >= 15 is 0 Å². The van der Waals surface area contributed by atoms with E-state index in [1.807, 2.05) is 6.07 Å². The molecule has 0 amide bonds. The van der Waals surface area contributed by atoms with Crippen LogP contribution in [0.2, 0.25) is 0 Å². The molecule has 1 atom stereocenters. The maximum absolute atomic E-state index is 5.37. The highest BCUT2D eigenvalue weighted by atomic mass is 32.1. The third kappa shape index (κ3) is 2.07. The second-order valence-electron chi connectivity index (χ2n) is 3.98. The summed E-state index contributed by atoms with van der Waals surface area (Å²) in [7, 11) is 0. The first-order chi connectivity index (χ1) is 7.18. The van der Waals surface area contributed by atoms with Crippen molar-refractivity contribution in [1.82, 2.24) is 0 Å². The predicted molar refractivity (Wildman–Crippen MR) is 69.9 cm³/mol. The van der Waals surface area contributed by atoms with Crippen molar-refractivity contribution in [1.29, 1.82) is 0 Å². The quantitative estimate of drug-likeness (QED) is 0.636. The van der Waals surface area contributed by atoms with Crippen LogP contribution in [0.15, 0.2) is 48.1 Å². The van der Waals surface area contributed by atoms with Crippen molar-refractivity contribution in [3.63, 3.8) is 0 Å². The van der Waals surface area contributed by atoms with Gasteiger partial charge in [-0.15, -0.1) is 0 Å². The minimum absolute atomic E-state index is 0.410. The van der Waals surface area contributed by atoms with E-state index in [0.29, 0.717) is 5.92 Å². The van der Waals surface area contributed by atoms with Crippen LogP contribution < -0.4 is 0 Å². The highest BCUT2D eigenvalue weighted by molar-refractivity contribution is 7.80. The lowest BCUT2D eigenvalue weighted by molar-refractivity contribution is 0.929. The molecule has 0 nitrogen and oxygen atoms in total. The van der Waals surface area contributed by atoms with Crippen LogP contribution in [0, 0.1) is 5.92 Å². The number of hydrogen-bond acceptors (Lipinski definition) is 1. The molecule has 76 valence electrons. The van der Waals surface area contributed by atoms with Gasteiger partial charge in [-0.05, 0) is 24.1 Å². The van der Waals surface area contributed by atoms with Crippen molar-refractivity contribution in [3.8, 4) is 0 Å². The molecule has 1 aliphatic rings. The number of allylic oxidation sites excluding steroid dienone is 4. The molecule has 0 heterocycles. The maximum Gasteiger partial charge on any atom is 0.0227 e. The molecular formula is C14H14S. The minimum Gasteiger partial charge on any atom is -0.0842 e. The molecule has 0 saturated carbocycles. The zero-order chi connectivity index (χ0) is 10.8. The molecule has 1 aliphatic carbocycles. The van der Waals surface area contributed by atoms with E-state index in [1.54, 1.807) is 0 Å². The number of benzene rings is 1. The summed E-state index contributed by atoms with van der Waals surface area (Å²) >= 11 is 5.37. The van der Waals surface area contributed by atoms with Gasteiger partial charge in [0.15, 0.2) is 0 Å². The van der Waals surface area contributed by atoms with Crippen LogP contribution in [-0.4, -0.2) is 4.86 Å². The van der Waals surface area contributed by atoms with Gasteiger partial charge in [0, 0.05) is 10.8 Å². The van der Waals surface area contributed by atoms with Crippen molar-refractivity contribution < 1.29 is 0 Å². The van der Waals surface area contributed by atoms with E-state index in [0.717, 1.165) is 4.86 Å². The van der Waals surface area contributed by atoms with Gasteiger partial charge in [-0.25, -0.2) is 0 Å². The van der Waals surface area contributed by atoms with Crippen LogP contribution in [0.1, 0.15) is 19.4 Å². The SMILES string of the molecule is CC1=CC(c2ccccc2)=CC(=S)C1C. The second kappa shape index (κ2) is 4.11. The molecule has 0 saturated heterocycles. The summed E-state index contributed by atoms with van der Waals surface area (Å²) < 4.78 is 0. The van der Waals surface area contributed by atoms with E-state index in [2.05, 4.69) is 50.3 Å². The van der Waals surface area contributed by atoms with Gasteiger partial charge < -0.3 is 0 Å². The van der Waals surface area contributed by atoms with Crippen molar-refractivity contribution in [2.45, 2.75) is 13.8 Å². The fraction of sp³-hybridized carbons (Fsp3) is 0.214. The summed E-state index contributed by atoms with van der Waals surface area (Å²) in [6.07, 6.45) is 4.35. The monoisotopic (exact) mass is 214 g/mol. The molecule has 0 aromatic heterocycles. The molecule has 0 bridgehead atoms. The van der Waals surface area contributed by atoms with Gasteiger partial charge in [0.1, 0.15) is 0 Å². The predicted octanol–water partition coefficient (Wildman–Crippen LogP) is 4.04. The van der Waals surface area contributed by atoms with Gasteiger partial charge in [-0.2, -0.15) is 0 Å². The fourth-order valence-corrected chi connectivity index (χ4v) is 2.02. The molecule has 1 aromatic rings. The van der Waals surface area contributed by atoms with Gasteiger partial charge in [-0.3, -0.25) is 0 Å². The van der Waals surface area contributed by atoms with Crippen LogP contribution >= 0.6 is 12.2 Å². The Balaban J connectivity index is 2.41. The number of hydrogen-bond donors (Lipinski definition) is 0. The fourth-order valence-electron chi connectivity index (χ4n) is 1.71. The third-order valence-corrected chi connectivity index (χ3v) is 3.37. The summed E-state index contributed by atoms with van der Waals surface area (Å²) in [5.74, 6) is 0.410. The average molecular weight is 214 g/mol. The molecule has 0 radical (unpaired) electrons. The molecule has 1 heteroatoms. The molecule has 1 aromatic carbocycles. The Morgan fingerprint density at radius 2 is 1.73 bits per heavy atom. The molecule has 0 N–H and O–H groups in total. The maximum atomic E-state index is 5.37. The van der Waals surface area contributed by atoms with E-state index in [-0.39, 0.29) is 0 Å². The van der Waals surface area contributed by atoms with Crippen LogP contribution in [0.3, 0.4) is 0 Å². The number of thiocarbonyl (C=S) groups is 1. The van der Waals surface area contributed by atoms with Crippen molar-refractivity contribution in [3.05, 3.63) is 53.6 Å². The number of rotatable bonds is 1. The summed E-state index contributed by atoms with van der Waals surface area (Å²) in [6.45, 7) is 4.30. The standard InChI is InChI=1S/C14H14S/c1-10-8-13(9-14(15)11(10)2)12-6-4-3-5-7-12/h3-9,11H,1-2H3. The van der Waals surface area contributed by atoms with Gasteiger partial charge >= 0.3 is 0 Å². The molecule has 15 heavy (non-hydrogen) atoms. The summed E-state index contributed by atoms with van der Waals surface area (Å²) in [4.78, 5) is 1.04. The van der Waals surface area contributed by atoms with Crippen molar-refractivity contribution >= 4 is 22.7 Å². The van der Waals surface area contributed by atoms with Gasteiger partial charge in [0.2, 0.25) is 0 Å². The normalized spacial score (nSPS) is 20.9. The zero-order valence-electron chi connectivity index (χ0n) is 9.03. The smallest absolute Gasteiger partial charge is 0.0227 e. The Bertz CT molecular complexity index is 438. The van der Waals surface area contributed by atoms with Crippen molar-refractivity contribution in [2.24, 2.45) is 5.92 Å². The van der Waals surface area contributed by atoms with Crippen LogP contribution in [0.5, 0.6) is 0 Å². The molecule has 0 spiro atoms. The lowest BCUT2D eigenvalue weighted by atomic mass is 9.88. The topological polar surface area (TPSA) is 0 Å². The second-order valence-corrected chi connectivity index (χ2v) is 4.45. The Labute approximate surface area is 96.3 Å². The first-order valence-electron chi connectivity index (χ1n) is 5.17. The van der Waals surface area contributed by atoms with Gasteiger partial charge in [0.05, 0.1) is 0 Å². The lowest BCUT2D eigenvalue weighted by Gasteiger charge is -2.18. The Morgan fingerprint density at radius 1 is 1.07 bits per heavy atom. The Hall–Kier alpha value is -1.21. The van der Waals surface area contributed by atoms with Gasteiger partial charge in [-0.1, -0.05) is 61.1 Å². The van der Waals surface area contributed by atoms with Crippen LogP contribution in [0.25, 0.3) is 5.57 Å². The Kier molecular flexibility index (Phi) is 2.83. The minimum atomic E-state index is 0.410. The molecule has 1 unspecified atom stereocenters. The van der Waals surface area contributed by atoms with E-state index < -0.39 is 0 Å². The highest BCUT2D eigenvalue weighted by Crippen LogP contribution is 2.27. The lowest BCUT2D eigenvalue weighted by Crippen LogP contribution is -2.11. The van der Waals surface area contributed by atoms with E-state index in [9.17, 15) is 0 Å². The zero-order valence-corrected chi connectivity index (χ0v) is 9.84. The molecule has 0 aliphatic heterocycles. The summed E-state index contributed by atoms with van der Waals surface area (Å²) in [5, 5.41) is 0. The first kappa shape index (κ1) is 10.3. The largest absolute Gasteiger partial charge is 0.0842 e. The van der Waals surface area contributed by atoms with Crippen LogP contribution in [0.4, 0.5) is 0 Å². The van der Waals surface area contributed by atoms with E-state index in [4.69, 9.17) is 12.2 Å². The van der Waals surface area contributed by atoms with Crippen LogP contribution in [-0.2, 0) is 0 Å². The molecule has 0 fully saturated rings. The summed E-state index contributed by atoms with van der Waals surface area (Å²) in [5.41, 5.74) is 3.82. The first-order valence-corrected chi connectivity index (χ1v) is 5.58. The molecule has 2 rings (SSSR count). The molecular weight excluding hydrogens is 200 g/mol. The highest BCUT2D eigenvalue weighted by Gasteiger charge is 2.15. The van der Waals surface area contributed by atoms with E-state index in [1.165, 1.54) is 16.7 Å². The third-order valence-electron chi connectivity index (χ3n) is 2.90. The summed E-state index contributed by atoms with van der Waals surface area (Å²) in [6, 6.07) is 10.4. The average Bonchev–Trinajstić information content (AvgIpc) is 2.26. The van der Waals surface area contributed by atoms with Gasteiger partial charge in [0.25, 0.3) is 0 Å². The Morgan fingerprint density at radius 3 is 2.33 bits per heavy atom. The van der Waals surface area contributed by atoms with Crippen molar-refractivity contribution in [2.75, 3.05) is 0 Å².